The van der Waals surface area contributed by atoms with Crippen LogP contribution in [0.5, 0.6) is 0 Å². The van der Waals surface area contributed by atoms with Gasteiger partial charge in [0.15, 0.2) is 0 Å². The van der Waals surface area contributed by atoms with Crippen molar-refractivity contribution < 1.29 is 5.11 Å². The van der Waals surface area contributed by atoms with E-state index in [1.807, 2.05) is 17.8 Å². The molecule has 0 aliphatic carbocycles. The molecule has 0 fully saturated rings. The van der Waals surface area contributed by atoms with Gasteiger partial charge in [0, 0.05) is 32.1 Å². The van der Waals surface area contributed by atoms with Crippen LogP contribution in [0.3, 0.4) is 0 Å². The second-order valence-electron chi connectivity index (χ2n) is 3.25. The van der Waals surface area contributed by atoms with Gasteiger partial charge in [-0.1, -0.05) is 0 Å². The summed E-state index contributed by atoms with van der Waals surface area (Å²) in [6.07, 6.45) is 4.49. The average molecular weight is 183 g/mol. The zero-order valence-electron chi connectivity index (χ0n) is 8.20. The molecule has 0 radical (unpaired) electrons. The van der Waals surface area contributed by atoms with E-state index < -0.39 is 0 Å². The van der Waals surface area contributed by atoms with Crippen molar-refractivity contribution in [3.63, 3.8) is 0 Å². The highest BCUT2D eigenvalue weighted by Gasteiger charge is 2.02. The van der Waals surface area contributed by atoms with E-state index in [-0.39, 0.29) is 6.61 Å². The van der Waals surface area contributed by atoms with Crippen LogP contribution in [0.15, 0.2) is 12.4 Å². The average Bonchev–Trinajstić information content (AvgIpc) is 2.48. The zero-order chi connectivity index (χ0) is 9.68. The normalized spacial score (nSPS) is 13.2. The second kappa shape index (κ2) is 4.99. The minimum Gasteiger partial charge on any atom is -0.396 e. The van der Waals surface area contributed by atoms with Crippen LogP contribution in [0.25, 0.3) is 0 Å². The number of nitrogens with zero attached hydrogens (tertiary/aromatic N) is 2. The minimum atomic E-state index is 0.231. The van der Waals surface area contributed by atoms with Crippen molar-refractivity contribution in [2.75, 3.05) is 6.61 Å². The molecule has 1 aromatic rings. The van der Waals surface area contributed by atoms with Crippen molar-refractivity contribution in [3.8, 4) is 0 Å². The lowest BCUT2D eigenvalue weighted by Crippen LogP contribution is -2.27. The van der Waals surface area contributed by atoms with Gasteiger partial charge in [0.25, 0.3) is 0 Å². The largest absolute Gasteiger partial charge is 0.396 e. The monoisotopic (exact) mass is 183 g/mol. The fraction of sp³-hybridized carbons (Fsp3) is 0.667. The summed E-state index contributed by atoms with van der Waals surface area (Å²) >= 11 is 0. The first-order valence-electron chi connectivity index (χ1n) is 4.54. The molecule has 0 aliphatic heterocycles. The third kappa shape index (κ3) is 3.16. The molecule has 1 aromatic heterocycles. The van der Waals surface area contributed by atoms with Gasteiger partial charge in [-0.25, -0.2) is 4.98 Å². The molecular weight excluding hydrogens is 166 g/mol. The predicted molar refractivity (Wildman–Crippen MR) is 51.2 cm³/mol. The number of aliphatic hydroxyl groups is 1. The molecule has 2 N–H and O–H groups in total. The van der Waals surface area contributed by atoms with Crippen molar-refractivity contribution >= 4 is 0 Å². The molecule has 1 atom stereocenters. The van der Waals surface area contributed by atoms with E-state index in [1.165, 1.54) is 0 Å². The number of aliphatic hydroxyl groups excluding tert-OH is 1. The van der Waals surface area contributed by atoms with Crippen LogP contribution in [-0.4, -0.2) is 27.3 Å². The maximum Gasteiger partial charge on any atom is 0.122 e. The lowest BCUT2D eigenvalue weighted by atomic mass is 10.2. The summed E-state index contributed by atoms with van der Waals surface area (Å²) < 4.78 is 1.98. The highest BCUT2D eigenvalue weighted by Crippen LogP contribution is 1.95. The Morgan fingerprint density at radius 1 is 1.69 bits per heavy atom. The van der Waals surface area contributed by atoms with Gasteiger partial charge in [0.05, 0.1) is 6.54 Å². The second-order valence-corrected chi connectivity index (χ2v) is 3.25. The van der Waals surface area contributed by atoms with Crippen molar-refractivity contribution in [2.24, 2.45) is 7.05 Å². The Morgan fingerprint density at radius 2 is 2.46 bits per heavy atom. The van der Waals surface area contributed by atoms with Crippen LogP contribution >= 0.6 is 0 Å². The Labute approximate surface area is 78.6 Å². The number of aromatic nitrogens is 2. The number of rotatable bonds is 5. The first-order chi connectivity index (χ1) is 6.24. The quantitative estimate of drug-likeness (QED) is 0.689. The van der Waals surface area contributed by atoms with Crippen LogP contribution in [0.2, 0.25) is 0 Å². The van der Waals surface area contributed by atoms with Crippen molar-refractivity contribution in [1.29, 1.82) is 0 Å². The predicted octanol–water partition coefficient (Wildman–Crippen LogP) is 0.281. The molecule has 4 heteroatoms. The van der Waals surface area contributed by atoms with Crippen LogP contribution in [-0.2, 0) is 13.6 Å². The third-order valence-corrected chi connectivity index (χ3v) is 2.09. The molecule has 0 aliphatic rings. The molecule has 0 bridgehead atoms. The fourth-order valence-electron chi connectivity index (χ4n) is 1.13. The lowest BCUT2D eigenvalue weighted by molar-refractivity contribution is 0.268. The standard InChI is InChI=1S/C9H17N3O/c1-8(3-6-13)11-7-9-10-4-5-12(9)2/h4-5,8,11,13H,3,6-7H2,1-2H3. The Balaban J connectivity index is 2.30. The van der Waals surface area contributed by atoms with Gasteiger partial charge in [0.1, 0.15) is 5.82 Å². The van der Waals surface area contributed by atoms with Crippen LogP contribution in [0, 0.1) is 0 Å². The maximum absolute atomic E-state index is 8.69. The van der Waals surface area contributed by atoms with Crippen molar-refractivity contribution in [3.05, 3.63) is 18.2 Å². The molecule has 1 heterocycles. The number of aryl methyl sites for hydroxylation is 1. The maximum atomic E-state index is 8.69. The summed E-state index contributed by atoms with van der Waals surface area (Å²) in [5.41, 5.74) is 0. The number of hydrogen-bond acceptors (Lipinski definition) is 3. The topological polar surface area (TPSA) is 50.1 Å². The van der Waals surface area contributed by atoms with E-state index >= 15 is 0 Å². The fourth-order valence-corrected chi connectivity index (χ4v) is 1.13. The number of hydrogen-bond donors (Lipinski definition) is 2. The first kappa shape index (κ1) is 10.2. The molecule has 0 saturated carbocycles. The van der Waals surface area contributed by atoms with Gasteiger partial charge in [-0.15, -0.1) is 0 Å². The third-order valence-electron chi connectivity index (χ3n) is 2.09. The van der Waals surface area contributed by atoms with Gasteiger partial charge in [-0.05, 0) is 13.3 Å². The Bertz CT molecular complexity index is 247. The van der Waals surface area contributed by atoms with Gasteiger partial charge in [-0.3, -0.25) is 0 Å². The molecule has 4 nitrogen and oxygen atoms in total. The van der Waals surface area contributed by atoms with Gasteiger partial charge < -0.3 is 15.0 Å². The molecule has 0 spiro atoms. The van der Waals surface area contributed by atoms with Gasteiger partial charge in [-0.2, -0.15) is 0 Å². The summed E-state index contributed by atoms with van der Waals surface area (Å²) in [6, 6.07) is 0.335. The smallest absolute Gasteiger partial charge is 0.122 e. The first-order valence-corrected chi connectivity index (χ1v) is 4.54. The van der Waals surface area contributed by atoms with Crippen molar-refractivity contribution in [1.82, 2.24) is 14.9 Å². The summed E-state index contributed by atoms with van der Waals surface area (Å²) in [5, 5.41) is 12.0. The van der Waals surface area contributed by atoms with E-state index in [1.54, 1.807) is 6.20 Å². The summed E-state index contributed by atoms with van der Waals surface area (Å²) in [5.74, 6) is 1.02. The molecule has 0 aromatic carbocycles. The number of imidazole rings is 1. The Morgan fingerprint density at radius 3 is 3.00 bits per heavy atom. The highest BCUT2D eigenvalue weighted by molar-refractivity contribution is 4.90. The lowest BCUT2D eigenvalue weighted by Gasteiger charge is -2.11. The molecule has 0 amide bonds. The Kier molecular flexibility index (Phi) is 3.92. The SMILES string of the molecule is CC(CCO)NCc1nccn1C. The molecule has 1 unspecified atom stereocenters. The molecule has 1 rings (SSSR count). The summed E-state index contributed by atoms with van der Waals surface area (Å²) in [4.78, 5) is 4.19. The van der Waals surface area contributed by atoms with Gasteiger partial charge >= 0.3 is 0 Å². The number of nitrogens with one attached hydrogen (secondary N) is 1. The van der Waals surface area contributed by atoms with Gasteiger partial charge in [0.2, 0.25) is 0 Å². The van der Waals surface area contributed by atoms with Crippen molar-refractivity contribution in [2.45, 2.75) is 25.9 Å². The molecule has 74 valence electrons. The Hall–Kier alpha value is -0.870. The molecule has 13 heavy (non-hydrogen) atoms. The van der Waals surface area contributed by atoms with E-state index in [4.69, 9.17) is 5.11 Å². The zero-order valence-corrected chi connectivity index (χ0v) is 8.20. The summed E-state index contributed by atoms with van der Waals surface area (Å²) in [6.45, 7) is 3.04. The molecule has 0 saturated heterocycles. The summed E-state index contributed by atoms with van der Waals surface area (Å²) in [7, 11) is 1.97. The van der Waals surface area contributed by atoms with E-state index in [0.717, 1.165) is 18.8 Å². The van der Waals surface area contributed by atoms with E-state index in [9.17, 15) is 0 Å². The van der Waals surface area contributed by atoms with Crippen LogP contribution in [0.1, 0.15) is 19.2 Å². The highest BCUT2D eigenvalue weighted by atomic mass is 16.3. The van der Waals surface area contributed by atoms with Crippen LogP contribution in [0.4, 0.5) is 0 Å². The van der Waals surface area contributed by atoms with E-state index in [2.05, 4.69) is 17.2 Å². The van der Waals surface area contributed by atoms with E-state index in [0.29, 0.717) is 6.04 Å². The van der Waals surface area contributed by atoms with Crippen LogP contribution < -0.4 is 5.32 Å². The minimum absolute atomic E-state index is 0.231. The molecular formula is C9H17N3O.